The normalized spacial score (nSPS) is 13.1. The summed E-state index contributed by atoms with van der Waals surface area (Å²) in [6, 6.07) is 3.89. The van der Waals surface area contributed by atoms with Gasteiger partial charge >= 0.3 is 0 Å². The van der Waals surface area contributed by atoms with E-state index in [1.54, 1.807) is 7.11 Å². The highest BCUT2D eigenvalue weighted by Crippen LogP contribution is 2.38. The Bertz CT molecular complexity index is 362. The average molecular weight is 224 g/mol. The number of methoxy groups -OCH3 is 1. The Kier molecular flexibility index (Phi) is 3.64. The van der Waals surface area contributed by atoms with Crippen LogP contribution in [0.2, 0.25) is 0 Å². The summed E-state index contributed by atoms with van der Waals surface area (Å²) < 4.78 is 15.9. The second-order valence-electron chi connectivity index (χ2n) is 3.70. The van der Waals surface area contributed by atoms with Crippen molar-refractivity contribution in [2.24, 2.45) is 0 Å². The Hall–Kier alpha value is -1.26. The standard InChI is InChI=1S/C12H16O4/c1-14-7-9-4-5-11-12(16-8-15-11)10(9)3-2-6-13/h4-5,13H,2-3,6-8H2,1H3. The van der Waals surface area contributed by atoms with Crippen LogP contribution in [-0.4, -0.2) is 25.6 Å². The molecule has 0 atom stereocenters. The summed E-state index contributed by atoms with van der Waals surface area (Å²) in [5.41, 5.74) is 2.19. The van der Waals surface area contributed by atoms with Crippen LogP contribution >= 0.6 is 0 Å². The molecule has 16 heavy (non-hydrogen) atoms. The third-order valence-electron chi connectivity index (χ3n) is 2.62. The number of aliphatic hydroxyl groups is 1. The van der Waals surface area contributed by atoms with E-state index < -0.39 is 0 Å². The number of ether oxygens (including phenoxy) is 3. The highest BCUT2D eigenvalue weighted by Gasteiger charge is 2.20. The number of hydrogen-bond acceptors (Lipinski definition) is 4. The Morgan fingerprint density at radius 1 is 1.38 bits per heavy atom. The molecule has 0 bridgehead atoms. The molecular formula is C12H16O4. The van der Waals surface area contributed by atoms with Crippen LogP contribution in [0.1, 0.15) is 17.5 Å². The number of hydrogen-bond donors (Lipinski definition) is 1. The fourth-order valence-electron chi connectivity index (χ4n) is 1.89. The maximum absolute atomic E-state index is 8.89. The third kappa shape index (κ3) is 2.13. The molecule has 88 valence electrons. The maximum Gasteiger partial charge on any atom is 0.231 e. The van der Waals surface area contributed by atoms with Crippen LogP contribution in [0.3, 0.4) is 0 Å². The zero-order chi connectivity index (χ0) is 11.4. The third-order valence-corrected chi connectivity index (χ3v) is 2.62. The smallest absolute Gasteiger partial charge is 0.231 e. The monoisotopic (exact) mass is 224 g/mol. The van der Waals surface area contributed by atoms with Crippen LogP contribution in [0.15, 0.2) is 12.1 Å². The lowest BCUT2D eigenvalue weighted by Gasteiger charge is -2.11. The Morgan fingerprint density at radius 3 is 3.00 bits per heavy atom. The molecule has 0 saturated carbocycles. The van der Waals surface area contributed by atoms with E-state index in [0.717, 1.165) is 35.5 Å². The van der Waals surface area contributed by atoms with E-state index in [9.17, 15) is 0 Å². The molecule has 0 unspecified atom stereocenters. The Balaban J connectivity index is 2.30. The first-order valence-corrected chi connectivity index (χ1v) is 5.37. The molecule has 1 aromatic carbocycles. The fourth-order valence-corrected chi connectivity index (χ4v) is 1.89. The van der Waals surface area contributed by atoms with Gasteiger partial charge < -0.3 is 19.3 Å². The lowest BCUT2D eigenvalue weighted by molar-refractivity contribution is 0.171. The lowest BCUT2D eigenvalue weighted by Crippen LogP contribution is -2.00. The SMILES string of the molecule is COCc1ccc2c(c1CCCO)OCO2. The predicted molar refractivity (Wildman–Crippen MR) is 58.7 cm³/mol. The van der Waals surface area contributed by atoms with Crippen molar-refractivity contribution in [1.82, 2.24) is 0 Å². The molecular weight excluding hydrogens is 208 g/mol. The second kappa shape index (κ2) is 5.18. The maximum atomic E-state index is 8.89. The van der Waals surface area contributed by atoms with Crippen molar-refractivity contribution in [2.75, 3.05) is 20.5 Å². The van der Waals surface area contributed by atoms with Crippen LogP contribution in [0.25, 0.3) is 0 Å². The van der Waals surface area contributed by atoms with Crippen molar-refractivity contribution in [3.63, 3.8) is 0 Å². The van der Waals surface area contributed by atoms with Crippen molar-refractivity contribution in [3.8, 4) is 11.5 Å². The number of rotatable bonds is 5. The molecule has 0 spiro atoms. The van der Waals surface area contributed by atoms with E-state index in [1.807, 2.05) is 12.1 Å². The molecule has 1 heterocycles. The minimum atomic E-state index is 0.178. The van der Waals surface area contributed by atoms with Crippen molar-refractivity contribution >= 4 is 0 Å². The highest BCUT2D eigenvalue weighted by molar-refractivity contribution is 5.52. The molecule has 0 fully saturated rings. The largest absolute Gasteiger partial charge is 0.454 e. The molecule has 1 aliphatic rings. The van der Waals surface area contributed by atoms with E-state index in [4.69, 9.17) is 19.3 Å². The molecule has 4 nitrogen and oxygen atoms in total. The Morgan fingerprint density at radius 2 is 2.25 bits per heavy atom. The molecule has 2 rings (SSSR count). The lowest BCUT2D eigenvalue weighted by atomic mass is 10.0. The van der Waals surface area contributed by atoms with Crippen LogP contribution in [0, 0.1) is 0 Å². The van der Waals surface area contributed by atoms with Gasteiger partial charge in [-0.25, -0.2) is 0 Å². The number of benzene rings is 1. The molecule has 4 heteroatoms. The van der Waals surface area contributed by atoms with E-state index in [2.05, 4.69) is 0 Å². The molecule has 0 aromatic heterocycles. The Labute approximate surface area is 94.8 Å². The summed E-state index contributed by atoms with van der Waals surface area (Å²) in [4.78, 5) is 0. The molecule has 1 aromatic rings. The quantitative estimate of drug-likeness (QED) is 0.823. The summed E-state index contributed by atoms with van der Waals surface area (Å²) >= 11 is 0. The average Bonchev–Trinajstić information content (AvgIpc) is 2.76. The molecule has 0 amide bonds. The first-order chi connectivity index (χ1) is 7.86. The van der Waals surface area contributed by atoms with Crippen molar-refractivity contribution in [3.05, 3.63) is 23.3 Å². The number of fused-ring (bicyclic) bond motifs is 1. The molecule has 0 saturated heterocycles. The molecule has 1 N–H and O–H groups in total. The molecule has 1 aliphatic heterocycles. The second-order valence-corrected chi connectivity index (χ2v) is 3.70. The first-order valence-electron chi connectivity index (χ1n) is 5.37. The molecule has 0 radical (unpaired) electrons. The van der Waals surface area contributed by atoms with Gasteiger partial charge in [0.25, 0.3) is 0 Å². The van der Waals surface area contributed by atoms with Crippen molar-refractivity contribution < 1.29 is 19.3 Å². The van der Waals surface area contributed by atoms with Gasteiger partial charge in [0.15, 0.2) is 11.5 Å². The van der Waals surface area contributed by atoms with Crippen LogP contribution in [0.5, 0.6) is 11.5 Å². The van der Waals surface area contributed by atoms with Gasteiger partial charge in [0.2, 0.25) is 6.79 Å². The topological polar surface area (TPSA) is 47.9 Å². The predicted octanol–water partition coefficient (Wildman–Crippen LogP) is 1.49. The van der Waals surface area contributed by atoms with Crippen molar-refractivity contribution in [2.45, 2.75) is 19.4 Å². The summed E-state index contributed by atoms with van der Waals surface area (Å²) in [5.74, 6) is 1.59. The van der Waals surface area contributed by atoms with Crippen molar-refractivity contribution in [1.29, 1.82) is 0 Å². The van der Waals surface area contributed by atoms with E-state index >= 15 is 0 Å². The van der Waals surface area contributed by atoms with Gasteiger partial charge in [0.05, 0.1) is 6.61 Å². The summed E-state index contributed by atoms with van der Waals surface area (Å²) in [5, 5.41) is 8.89. The summed E-state index contributed by atoms with van der Waals surface area (Å²) in [7, 11) is 1.67. The zero-order valence-corrected chi connectivity index (χ0v) is 9.36. The summed E-state index contributed by atoms with van der Waals surface area (Å²) in [6.45, 7) is 1.01. The van der Waals surface area contributed by atoms with Gasteiger partial charge in [0, 0.05) is 19.3 Å². The van der Waals surface area contributed by atoms with Gasteiger partial charge in [0.1, 0.15) is 0 Å². The summed E-state index contributed by atoms with van der Waals surface area (Å²) in [6.07, 6.45) is 1.50. The number of aliphatic hydroxyl groups excluding tert-OH is 1. The minimum absolute atomic E-state index is 0.178. The van der Waals surface area contributed by atoms with E-state index in [0.29, 0.717) is 6.61 Å². The molecule has 0 aliphatic carbocycles. The van der Waals surface area contributed by atoms with E-state index in [-0.39, 0.29) is 13.4 Å². The van der Waals surface area contributed by atoms with Gasteiger partial charge in [-0.15, -0.1) is 0 Å². The van der Waals surface area contributed by atoms with Crippen LogP contribution in [0.4, 0.5) is 0 Å². The minimum Gasteiger partial charge on any atom is -0.454 e. The van der Waals surface area contributed by atoms with Crippen LogP contribution < -0.4 is 9.47 Å². The van der Waals surface area contributed by atoms with Crippen LogP contribution in [-0.2, 0) is 17.8 Å². The fraction of sp³-hybridized carbons (Fsp3) is 0.500. The van der Waals surface area contributed by atoms with E-state index in [1.165, 1.54) is 0 Å². The zero-order valence-electron chi connectivity index (χ0n) is 9.36. The van der Waals surface area contributed by atoms with Gasteiger partial charge in [-0.3, -0.25) is 0 Å². The van der Waals surface area contributed by atoms with Gasteiger partial charge in [-0.1, -0.05) is 6.07 Å². The first kappa shape index (κ1) is 11.2. The highest BCUT2D eigenvalue weighted by atomic mass is 16.7. The van der Waals surface area contributed by atoms with Gasteiger partial charge in [-0.05, 0) is 24.5 Å². The van der Waals surface area contributed by atoms with Gasteiger partial charge in [-0.2, -0.15) is 0 Å².